The average molecular weight is 351 g/mol. The molecule has 0 spiro atoms. The lowest BCUT2D eigenvalue weighted by atomic mass is 9.73. The summed E-state index contributed by atoms with van der Waals surface area (Å²) >= 11 is 0. The van der Waals surface area contributed by atoms with Crippen molar-refractivity contribution in [1.82, 2.24) is 0 Å². The average Bonchev–Trinajstić information content (AvgIpc) is 3.22. The summed E-state index contributed by atoms with van der Waals surface area (Å²) in [7, 11) is 0. The van der Waals surface area contributed by atoms with E-state index in [0.29, 0.717) is 12.5 Å². The van der Waals surface area contributed by atoms with Crippen LogP contribution in [0.2, 0.25) is 0 Å². The summed E-state index contributed by atoms with van der Waals surface area (Å²) in [6.45, 7) is 8.04. The van der Waals surface area contributed by atoms with E-state index in [0.717, 1.165) is 11.1 Å². The smallest absolute Gasteiger partial charge is 0.224 e. The van der Waals surface area contributed by atoms with Crippen LogP contribution in [0.4, 0.5) is 0 Å². The van der Waals surface area contributed by atoms with Crippen LogP contribution < -0.4 is 0 Å². The molecule has 0 aliphatic carbocycles. The molecule has 0 amide bonds. The molecule has 0 unspecified atom stereocenters. The number of hydrogen-bond acceptors (Lipinski definition) is 4. The van der Waals surface area contributed by atoms with Gasteiger partial charge in [0, 0.05) is 0 Å². The minimum absolute atomic E-state index is 0.335. The summed E-state index contributed by atoms with van der Waals surface area (Å²) in [5, 5.41) is 11.2. The number of epoxide rings is 1. The Balaban J connectivity index is 1.96. The molecular formula is C22H25NO3. The number of ether oxygens (including phenoxy) is 2. The van der Waals surface area contributed by atoms with Gasteiger partial charge in [0.05, 0.1) is 5.54 Å². The second-order valence-corrected chi connectivity index (χ2v) is 8.27. The van der Waals surface area contributed by atoms with Gasteiger partial charge in [0.25, 0.3) is 0 Å². The summed E-state index contributed by atoms with van der Waals surface area (Å²) in [6, 6.07) is 20.0. The topological polar surface area (TPSA) is 54.4 Å². The van der Waals surface area contributed by atoms with E-state index in [4.69, 9.17) is 14.5 Å². The lowest BCUT2D eigenvalue weighted by Crippen LogP contribution is -2.51. The second kappa shape index (κ2) is 5.41. The standard InChI is InChI=1S/C22H25NO3/c1-19(2)15-25-18(23-19)22(20(3,4)24)21(26-22,16-11-7-5-8-12-16)17-13-9-6-10-14-17/h5-14,24H,15H2,1-4H3/t22-/m1/s1. The fraction of sp³-hybridized carbons (Fsp3) is 0.409. The maximum Gasteiger partial charge on any atom is 0.224 e. The van der Waals surface area contributed by atoms with Crippen molar-refractivity contribution < 1.29 is 14.6 Å². The van der Waals surface area contributed by atoms with Gasteiger partial charge in [-0.15, -0.1) is 0 Å². The Kier molecular flexibility index (Phi) is 3.59. The molecule has 1 fully saturated rings. The van der Waals surface area contributed by atoms with E-state index in [1.807, 2.05) is 74.5 Å². The minimum Gasteiger partial charge on any atom is -0.476 e. The Hall–Kier alpha value is -2.17. The Morgan fingerprint density at radius 2 is 1.42 bits per heavy atom. The highest BCUT2D eigenvalue weighted by atomic mass is 16.7. The van der Waals surface area contributed by atoms with Gasteiger partial charge in [-0.25, -0.2) is 4.99 Å². The monoisotopic (exact) mass is 351 g/mol. The van der Waals surface area contributed by atoms with Crippen molar-refractivity contribution in [2.45, 2.75) is 50.0 Å². The number of aliphatic imine (C=N–C) groups is 1. The van der Waals surface area contributed by atoms with Crippen LogP contribution in [0.3, 0.4) is 0 Å². The molecular weight excluding hydrogens is 326 g/mol. The zero-order valence-electron chi connectivity index (χ0n) is 15.7. The highest BCUT2D eigenvalue weighted by Gasteiger charge is 2.82. The van der Waals surface area contributed by atoms with E-state index >= 15 is 0 Å². The third kappa shape index (κ3) is 2.25. The molecule has 1 N–H and O–H groups in total. The second-order valence-electron chi connectivity index (χ2n) is 8.27. The molecule has 4 heteroatoms. The van der Waals surface area contributed by atoms with Crippen molar-refractivity contribution in [1.29, 1.82) is 0 Å². The van der Waals surface area contributed by atoms with Crippen molar-refractivity contribution in [3.05, 3.63) is 71.8 Å². The van der Waals surface area contributed by atoms with Gasteiger partial charge < -0.3 is 14.6 Å². The van der Waals surface area contributed by atoms with Gasteiger partial charge in [0.2, 0.25) is 11.5 Å². The lowest BCUT2D eigenvalue weighted by Gasteiger charge is -2.30. The van der Waals surface area contributed by atoms with E-state index in [1.165, 1.54) is 0 Å². The molecule has 0 radical (unpaired) electrons. The van der Waals surface area contributed by atoms with Gasteiger partial charge in [-0.2, -0.15) is 0 Å². The summed E-state index contributed by atoms with van der Waals surface area (Å²) < 4.78 is 12.5. The predicted molar refractivity (Wildman–Crippen MR) is 101 cm³/mol. The van der Waals surface area contributed by atoms with Crippen LogP contribution in [0.25, 0.3) is 0 Å². The Morgan fingerprint density at radius 1 is 0.923 bits per heavy atom. The molecule has 4 rings (SSSR count). The number of aliphatic hydroxyl groups is 1. The minimum atomic E-state index is -1.20. The molecule has 2 aliphatic rings. The quantitative estimate of drug-likeness (QED) is 0.855. The molecule has 136 valence electrons. The number of benzene rings is 2. The third-order valence-corrected chi connectivity index (χ3v) is 5.25. The van der Waals surface area contributed by atoms with Gasteiger partial charge >= 0.3 is 0 Å². The fourth-order valence-corrected chi connectivity index (χ4v) is 4.02. The summed E-state index contributed by atoms with van der Waals surface area (Å²) in [6.07, 6.45) is 0. The van der Waals surface area contributed by atoms with E-state index in [2.05, 4.69) is 0 Å². The summed E-state index contributed by atoms with van der Waals surface area (Å²) in [5.41, 5.74) is -1.49. The Morgan fingerprint density at radius 3 is 1.81 bits per heavy atom. The normalized spacial score (nSPS) is 26.1. The van der Waals surface area contributed by atoms with Crippen molar-refractivity contribution in [2.24, 2.45) is 4.99 Å². The Bertz CT molecular complexity index is 797. The van der Waals surface area contributed by atoms with E-state index < -0.39 is 16.8 Å². The summed E-state index contributed by atoms with van der Waals surface area (Å²) in [5.74, 6) is 0.475. The van der Waals surface area contributed by atoms with Crippen LogP contribution in [-0.2, 0) is 15.1 Å². The molecule has 2 aliphatic heterocycles. The summed E-state index contributed by atoms with van der Waals surface area (Å²) in [4.78, 5) is 4.78. The highest BCUT2D eigenvalue weighted by Crippen LogP contribution is 2.65. The van der Waals surface area contributed by atoms with Crippen molar-refractivity contribution in [2.75, 3.05) is 6.61 Å². The van der Waals surface area contributed by atoms with Gasteiger partial charge in [-0.05, 0) is 38.8 Å². The van der Waals surface area contributed by atoms with Gasteiger partial charge in [-0.1, -0.05) is 60.7 Å². The molecule has 1 saturated heterocycles. The maximum absolute atomic E-state index is 11.2. The number of rotatable bonds is 4. The molecule has 2 aromatic carbocycles. The Labute approximate surface area is 154 Å². The largest absolute Gasteiger partial charge is 0.476 e. The zero-order valence-corrected chi connectivity index (χ0v) is 15.7. The first kappa shape index (κ1) is 17.3. The first-order chi connectivity index (χ1) is 12.2. The number of nitrogens with zero attached hydrogens (tertiary/aromatic N) is 1. The molecule has 4 nitrogen and oxygen atoms in total. The van der Waals surface area contributed by atoms with Crippen LogP contribution in [-0.4, -0.2) is 34.4 Å². The highest BCUT2D eigenvalue weighted by molar-refractivity contribution is 5.94. The molecule has 2 aromatic rings. The van der Waals surface area contributed by atoms with Gasteiger partial charge in [0.15, 0.2) is 5.60 Å². The first-order valence-corrected chi connectivity index (χ1v) is 9.00. The molecule has 0 saturated carbocycles. The van der Waals surface area contributed by atoms with Gasteiger partial charge in [0.1, 0.15) is 12.2 Å². The van der Waals surface area contributed by atoms with E-state index in [1.54, 1.807) is 13.8 Å². The molecule has 2 heterocycles. The lowest BCUT2D eigenvalue weighted by molar-refractivity contribution is 0.0155. The van der Waals surface area contributed by atoms with Crippen LogP contribution >= 0.6 is 0 Å². The van der Waals surface area contributed by atoms with Crippen molar-refractivity contribution in [3.63, 3.8) is 0 Å². The number of hydrogen-bond donors (Lipinski definition) is 1. The zero-order chi connectivity index (χ0) is 18.6. The molecule has 1 atom stereocenters. The fourth-order valence-electron chi connectivity index (χ4n) is 4.02. The van der Waals surface area contributed by atoms with Crippen LogP contribution in [0, 0.1) is 0 Å². The molecule has 0 bridgehead atoms. The molecule has 26 heavy (non-hydrogen) atoms. The SMILES string of the molecule is CC1(C)COC([C@]2(C(C)(C)O)OC2(c2ccccc2)c2ccccc2)=N1. The van der Waals surface area contributed by atoms with Crippen molar-refractivity contribution in [3.8, 4) is 0 Å². The molecule has 0 aromatic heterocycles. The van der Waals surface area contributed by atoms with Crippen LogP contribution in [0.15, 0.2) is 65.7 Å². The predicted octanol–water partition coefficient (Wildman–Crippen LogP) is 3.68. The third-order valence-electron chi connectivity index (χ3n) is 5.25. The van der Waals surface area contributed by atoms with Crippen LogP contribution in [0.1, 0.15) is 38.8 Å². The van der Waals surface area contributed by atoms with E-state index in [9.17, 15) is 5.11 Å². The first-order valence-electron chi connectivity index (χ1n) is 9.00. The van der Waals surface area contributed by atoms with Crippen molar-refractivity contribution >= 4 is 5.90 Å². The van der Waals surface area contributed by atoms with Crippen LogP contribution in [0.5, 0.6) is 0 Å². The van der Waals surface area contributed by atoms with E-state index in [-0.39, 0.29) is 5.54 Å². The maximum atomic E-state index is 11.2. The van der Waals surface area contributed by atoms with Gasteiger partial charge in [-0.3, -0.25) is 0 Å².